The molecule has 0 amide bonds. The lowest BCUT2D eigenvalue weighted by Gasteiger charge is -2.29. The van der Waals surface area contributed by atoms with E-state index in [4.69, 9.17) is 17.3 Å². The molecule has 0 spiro atoms. The number of benzene rings is 3. The van der Waals surface area contributed by atoms with Crippen molar-refractivity contribution in [2.24, 2.45) is 0 Å². The maximum absolute atomic E-state index is 15.0. The molecule has 1 heterocycles. The van der Waals surface area contributed by atoms with E-state index in [1.807, 2.05) is 18.2 Å². The third-order valence-electron chi connectivity index (χ3n) is 6.32. The highest BCUT2D eigenvalue weighted by molar-refractivity contribution is 6.08. The van der Waals surface area contributed by atoms with Crippen LogP contribution < -0.4 is 4.74 Å². The van der Waals surface area contributed by atoms with Gasteiger partial charge in [-0.15, -0.1) is 6.58 Å². The monoisotopic (exact) mass is 462 g/mol. The van der Waals surface area contributed by atoms with Crippen LogP contribution in [0.2, 0.25) is 0 Å². The second-order valence-electron chi connectivity index (χ2n) is 8.46. The van der Waals surface area contributed by atoms with E-state index in [0.717, 1.165) is 31.2 Å². The van der Waals surface area contributed by atoms with E-state index in [2.05, 4.69) is 6.58 Å². The smallest absolute Gasteiger partial charge is 0.201 e. The van der Waals surface area contributed by atoms with Crippen LogP contribution in [0.25, 0.3) is 22.3 Å². The van der Waals surface area contributed by atoms with Crippen molar-refractivity contribution in [3.63, 3.8) is 0 Å². The minimum absolute atomic E-state index is 0.0421. The van der Waals surface area contributed by atoms with E-state index in [9.17, 15) is 13.2 Å². The average Bonchev–Trinajstić information content (AvgIpc) is 2.86. The van der Waals surface area contributed by atoms with E-state index in [0.29, 0.717) is 23.3 Å². The molecule has 1 aliphatic heterocycles. The van der Waals surface area contributed by atoms with Gasteiger partial charge < -0.3 is 9.47 Å². The van der Waals surface area contributed by atoms with Gasteiger partial charge in [0, 0.05) is 18.0 Å². The Bertz CT molecular complexity index is 1140. The molecule has 174 valence electrons. The van der Waals surface area contributed by atoms with Gasteiger partial charge in [-0.05, 0) is 66.1 Å². The quantitative estimate of drug-likeness (QED) is 0.261. The molecule has 34 heavy (non-hydrogen) atoms. The fraction of sp³-hybridized carbons (Fsp3) is 0.286. The Morgan fingerprint density at radius 2 is 1.68 bits per heavy atom. The van der Waals surface area contributed by atoms with Crippen LogP contribution in [0, 0.1) is 17.5 Å². The van der Waals surface area contributed by atoms with Gasteiger partial charge in [0.25, 0.3) is 0 Å². The maximum Gasteiger partial charge on any atom is 0.201 e. The Kier molecular flexibility index (Phi) is 7.78. The van der Waals surface area contributed by atoms with Crippen LogP contribution in [-0.2, 0) is 4.74 Å². The minimum Gasteiger partial charge on any atom is -0.500 e. The summed E-state index contributed by atoms with van der Waals surface area (Å²) in [6, 6.07) is 14.9. The van der Waals surface area contributed by atoms with Crippen molar-refractivity contribution in [1.82, 2.24) is 0 Å². The first kappa shape index (κ1) is 24.1. The normalized spacial score (nSPS) is 18.0. The Balaban J connectivity index is 1.48. The van der Waals surface area contributed by atoms with Crippen LogP contribution in [0.5, 0.6) is 5.75 Å². The van der Waals surface area contributed by atoms with Crippen molar-refractivity contribution in [2.45, 2.75) is 37.7 Å². The molecular formula is C28H26BF3O2. The molecule has 1 fully saturated rings. The van der Waals surface area contributed by atoms with Crippen LogP contribution in [0.3, 0.4) is 0 Å². The molecule has 2 unspecified atom stereocenters. The van der Waals surface area contributed by atoms with E-state index in [-0.39, 0.29) is 35.7 Å². The largest absolute Gasteiger partial charge is 0.500 e. The topological polar surface area (TPSA) is 18.5 Å². The third kappa shape index (κ3) is 5.23. The molecule has 0 N–H and O–H groups in total. The molecule has 1 aliphatic rings. The molecule has 2 radical (unpaired) electrons. The molecule has 2 atom stereocenters. The lowest BCUT2D eigenvalue weighted by molar-refractivity contribution is -0.000784. The Hall–Kier alpha value is -2.99. The van der Waals surface area contributed by atoms with Crippen LogP contribution in [0.1, 0.15) is 37.2 Å². The van der Waals surface area contributed by atoms with E-state index < -0.39 is 11.6 Å². The average molecular weight is 462 g/mol. The summed E-state index contributed by atoms with van der Waals surface area (Å²) in [5, 5.41) is 0. The molecule has 2 nitrogen and oxygen atoms in total. The lowest BCUT2D eigenvalue weighted by Crippen LogP contribution is -2.25. The lowest BCUT2D eigenvalue weighted by atomic mass is 9.89. The molecule has 0 bridgehead atoms. The van der Waals surface area contributed by atoms with Crippen molar-refractivity contribution in [2.75, 3.05) is 13.1 Å². The van der Waals surface area contributed by atoms with E-state index in [1.54, 1.807) is 24.3 Å². The van der Waals surface area contributed by atoms with Gasteiger partial charge in [-0.3, -0.25) is 0 Å². The van der Waals surface area contributed by atoms with Crippen LogP contribution >= 0.6 is 0 Å². The van der Waals surface area contributed by atoms with Crippen molar-refractivity contribution in [3.8, 4) is 28.0 Å². The summed E-state index contributed by atoms with van der Waals surface area (Å²) in [7, 11) is 5.24. The van der Waals surface area contributed by atoms with Gasteiger partial charge in [-0.2, -0.15) is 4.39 Å². The molecule has 1 saturated heterocycles. The number of ether oxygens (including phenoxy) is 2. The minimum atomic E-state index is -1.08. The summed E-state index contributed by atoms with van der Waals surface area (Å²) in [4.78, 5) is 0. The first-order valence-corrected chi connectivity index (χ1v) is 11.5. The Morgan fingerprint density at radius 1 is 0.941 bits per heavy atom. The standard InChI is InChI=1S/C28H26BF3O2/c1-2-3-4-22-11-9-21(16-33-22)23-12-10-20(15-25(23)30)18-5-7-19(8-6-18)24-13-14-26(34-17-29)28(32)27(24)31/h2,5-8,10,12-15,21-22H,1,3-4,9,11,16-17H2. The van der Waals surface area contributed by atoms with E-state index >= 15 is 0 Å². The van der Waals surface area contributed by atoms with Gasteiger partial charge in [0.15, 0.2) is 11.6 Å². The zero-order valence-corrected chi connectivity index (χ0v) is 18.9. The van der Waals surface area contributed by atoms with Gasteiger partial charge in [0.05, 0.1) is 12.7 Å². The molecule has 0 saturated carbocycles. The number of hydrogen-bond donors (Lipinski definition) is 0. The van der Waals surface area contributed by atoms with Gasteiger partial charge >= 0.3 is 0 Å². The van der Waals surface area contributed by atoms with Crippen LogP contribution in [0.4, 0.5) is 13.2 Å². The highest BCUT2D eigenvalue weighted by atomic mass is 19.2. The second-order valence-corrected chi connectivity index (χ2v) is 8.46. The summed E-state index contributed by atoms with van der Waals surface area (Å²) in [5.41, 5.74) is 2.77. The zero-order valence-electron chi connectivity index (χ0n) is 18.9. The third-order valence-corrected chi connectivity index (χ3v) is 6.32. The van der Waals surface area contributed by atoms with E-state index in [1.165, 1.54) is 18.2 Å². The highest BCUT2D eigenvalue weighted by Crippen LogP contribution is 2.34. The first-order chi connectivity index (χ1) is 16.5. The molecule has 0 aliphatic carbocycles. The molecule has 3 aromatic rings. The number of allylic oxidation sites excluding steroid dienone is 1. The van der Waals surface area contributed by atoms with Crippen molar-refractivity contribution in [1.29, 1.82) is 0 Å². The summed E-state index contributed by atoms with van der Waals surface area (Å²) in [6.45, 7) is 4.02. The summed E-state index contributed by atoms with van der Waals surface area (Å²) in [6.07, 6.45) is 5.80. The Morgan fingerprint density at radius 3 is 2.32 bits per heavy atom. The van der Waals surface area contributed by atoms with Crippen LogP contribution in [0.15, 0.2) is 67.3 Å². The summed E-state index contributed by atoms with van der Waals surface area (Å²) in [5.74, 6) is -2.53. The molecule has 3 aromatic carbocycles. The Labute approximate surface area is 199 Å². The highest BCUT2D eigenvalue weighted by Gasteiger charge is 2.24. The SMILES string of the molecule is [B]COc1ccc(-c2ccc(-c3ccc(C4CCC(CCC=C)OC4)c(F)c3)cc2)c(F)c1F. The predicted octanol–water partition coefficient (Wildman–Crippen LogP) is 7.17. The number of hydrogen-bond acceptors (Lipinski definition) is 2. The molecular weight excluding hydrogens is 436 g/mol. The molecule has 6 heteroatoms. The number of halogens is 3. The molecule has 4 rings (SSSR count). The summed E-state index contributed by atoms with van der Waals surface area (Å²) < 4.78 is 54.5. The van der Waals surface area contributed by atoms with Crippen LogP contribution in [-0.4, -0.2) is 27.1 Å². The fourth-order valence-electron chi connectivity index (χ4n) is 4.42. The van der Waals surface area contributed by atoms with Gasteiger partial charge in [-0.25, -0.2) is 8.78 Å². The van der Waals surface area contributed by atoms with Crippen molar-refractivity contribution in [3.05, 3.63) is 90.3 Å². The second kappa shape index (κ2) is 11.0. The van der Waals surface area contributed by atoms with Crippen molar-refractivity contribution >= 4 is 7.85 Å². The van der Waals surface area contributed by atoms with Crippen molar-refractivity contribution < 1.29 is 22.6 Å². The van der Waals surface area contributed by atoms with Gasteiger partial charge in [-0.1, -0.05) is 42.5 Å². The van der Waals surface area contributed by atoms with Gasteiger partial charge in [0.2, 0.25) is 5.82 Å². The fourth-order valence-corrected chi connectivity index (χ4v) is 4.42. The zero-order chi connectivity index (χ0) is 24.1. The van der Waals surface area contributed by atoms with Gasteiger partial charge in [0.1, 0.15) is 13.7 Å². The molecule has 0 aromatic heterocycles. The summed E-state index contributed by atoms with van der Waals surface area (Å²) >= 11 is 0. The maximum atomic E-state index is 15.0. The first-order valence-electron chi connectivity index (χ1n) is 11.5. The predicted molar refractivity (Wildman–Crippen MR) is 130 cm³/mol. The number of rotatable bonds is 8.